The summed E-state index contributed by atoms with van der Waals surface area (Å²) in [6.45, 7) is -0.256. The second kappa shape index (κ2) is 7.98. The first kappa shape index (κ1) is 18.6. The lowest BCUT2D eigenvalue weighted by Gasteiger charge is -2.22. The lowest BCUT2D eigenvalue weighted by Crippen LogP contribution is -2.44. The van der Waals surface area contributed by atoms with E-state index in [2.05, 4.69) is 5.10 Å². The van der Waals surface area contributed by atoms with Crippen molar-refractivity contribution in [3.05, 3.63) is 58.8 Å². The van der Waals surface area contributed by atoms with Crippen LogP contribution in [0.2, 0.25) is 0 Å². The first-order valence-electron chi connectivity index (χ1n) is 8.30. The fourth-order valence-corrected chi connectivity index (χ4v) is 2.96. The van der Waals surface area contributed by atoms with Gasteiger partial charge in [0.1, 0.15) is 18.7 Å². The average Bonchev–Trinajstić information content (AvgIpc) is 3.09. The number of esters is 1. The fraction of sp³-hybridized carbons (Fsp3) is 0.333. The molecule has 1 fully saturated rings. The van der Waals surface area contributed by atoms with E-state index in [1.165, 1.54) is 48.5 Å². The van der Waals surface area contributed by atoms with E-state index in [0.29, 0.717) is 0 Å². The Morgan fingerprint density at radius 2 is 2.04 bits per heavy atom. The number of aromatic nitrogens is 2. The summed E-state index contributed by atoms with van der Waals surface area (Å²) in [6, 6.07) is 7.77. The van der Waals surface area contributed by atoms with E-state index < -0.39 is 35.4 Å². The number of nitrogens with zero attached hydrogens (tertiary/aromatic N) is 3. The molecule has 1 aliphatic heterocycles. The summed E-state index contributed by atoms with van der Waals surface area (Å²) < 4.78 is 25.2. The van der Waals surface area contributed by atoms with Gasteiger partial charge in [-0.1, -0.05) is 12.1 Å². The maximum Gasteiger partial charge on any atom is 0.328 e. The highest BCUT2D eigenvalue weighted by molar-refractivity contribution is 5.85. The number of rotatable bonds is 5. The Kier molecular flexibility index (Phi) is 5.49. The maximum atomic E-state index is 13.8. The van der Waals surface area contributed by atoms with Gasteiger partial charge in [-0.05, 0) is 18.2 Å². The summed E-state index contributed by atoms with van der Waals surface area (Å²) in [7, 11) is 1.22. The van der Waals surface area contributed by atoms with Crippen LogP contribution in [0.3, 0.4) is 0 Å². The van der Waals surface area contributed by atoms with Gasteiger partial charge in [0.25, 0.3) is 5.56 Å². The van der Waals surface area contributed by atoms with Gasteiger partial charge in [0.15, 0.2) is 11.6 Å². The van der Waals surface area contributed by atoms with E-state index >= 15 is 0 Å². The van der Waals surface area contributed by atoms with E-state index in [9.17, 15) is 18.8 Å². The molecule has 0 saturated carbocycles. The van der Waals surface area contributed by atoms with Crippen LogP contribution in [0.1, 0.15) is 6.42 Å². The summed E-state index contributed by atoms with van der Waals surface area (Å²) >= 11 is 0. The smallest absolute Gasteiger partial charge is 0.328 e. The third-order valence-electron chi connectivity index (χ3n) is 4.26. The predicted molar refractivity (Wildman–Crippen MR) is 91.4 cm³/mol. The zero-order valence-electron chi connectivity index (χ0n) is 14.6. The Morgan fingerprint density at radius 3 is 2.74 bits per heavy atom. The largest absolute Gasteiger partial charge is 0.485 e. The van der Waals surface area contributed by atoms with Crippen LogP contribution in [0.25, 0.3) is 0 Å². The number of benzene rings is 1. The lowest BCUT2D eigenvalue weighted by atomic mass is 10.2. The molecule has 0 aliphatic carbocycles. The molecule has 0 spiro atoms. The first-order chi connectivity index (χ1) is 13.0. The zero-order valence-corrected chi connectivity index (χ0v) is 14.6. The Hall–Kier alpha value is -3.23. The summed E-state index contributed by atoms with van der Waals surface area (Å²) in [5, 5.41) is 3.84. The Bertz CT molecular complexity index is 900. The lowest BCUT2D eigenvalue weighted by molar-refractivity contribution is -0.151. The normalized spacial score (nSPS) is 19.0. The van der Waals surface area contributed by atoms with Crippen molar-refractivity contribution < 1.29 is 23.5 Å². The third kappa shape index (κ3) is 4.13. The maximum absolute atomic E-state index is 13.8. The molecule has 1 aromatic heterocycles. The van der Waals surface area contributed by atoms with Gasteiger partial charge >= 0.3 is 5.97 Å². The van der Waals surface area contributed by atoms with Crippen LogP contribution in [0, 0.1) is 5.82 Å². The van der Waals surface area contributed by atoms with Crippen molar-refractivity contribution >= 4 is 11.9 Å². The molecule has 8 nitrogen and oxygen atoms in total. The van der Waals surface area contributed by atoms with Gasteiger partial charge in [0, 0.05) is 18.7 Å². The molecule has 1 saturated heterocycles. The number of methoxy groups -OCH3 is 1. The molecule has 1 aromatic carbocycles. The first-order valence-corrected chi connectivity index (χ1v) is 8.30. The van der Waals surface area contributed by atoms with Crippen LogP contribution >= 0.6 is 0 Å². The average molecular weight is 375 g/mol. The third-order valence-corrected chi connectivity index (χ3v) is 4.26. The highest BCUT2D eigenvalue weighted by Crippen LogP contribution is 2.25. The molecule has 0 unspecified atom stereocenters. The minimum atomic E-state index is -0.876. The Balaban J connectivity index is 1.76. The molecule has 142 valence electrons. The van der Waals surface area contributed by atoms with Gasteiger partial charge in [-0.15, -0.1) is 0 Å². The fourth-order valence-electron chi connectivity index (χ4n) is 2.96. The molecule has 2 heterocycles. The highest BCUT2D eigenvalue weighted by atomic mass is 19.1. The van der Waals surface area contributed by atoms with Crippen molar-refractivity contribution in [3.63, 3.8) is 0 Å². The van der Waals surface area contributed by atoms with Crippen molar-refractivity contribution in [3.8, 4) is 5.75 Å². The topological polar surface area (TPSA) is 90.7 Å². The van der Waals surface area contributed by atoms with Gasteiger partial charge in [-0.2, -0.15) is 5.10 Å². The Morgan fingerprint density at radius 1 is 1.26 bits per heavy atom. The summed E-state index contributed by atoms with van der Waals surface area (Å²) in [5.41, 5.74) is -0.432. The molecule has 9 heteroatoms. The van der Waals surface area contributed by atoms with E-state index in [-0.39, 0.29) is 25.3 Å². The molecule has 0 bridgehead atoms. The van der Waals surface area contributed by atoms with Gasteiger partial charge in [-0.3, -0.25) is 9.59 Å². The molecular formula is C18H18FN3O5. The number of para-hydroxylation sites is 1. The van der Waals surface area contributed by atoms with Gasteiger partial charge in [0.2, 0.25) is 5.91 Å². The van der Waals surface area contributed by atoms with Crippen LogP contribution in [-0.2, 0) is 20.9 Å². The van der Waals surface area contributed by atoms with Gasteiger partial charge in [-0.25, -0.2) is 13.9 Å². The number of hydrogen-bond acceptors (Lipinski definition) is 6. The van der Waals surface area contributed by atoms with Crippen molar-refractivity contribution in [2.75, 3.05) is 13.7 Å². The predicted octanol–water partition coefficient (Wildman–Crippen LogP) is 0.604. The van der Waals surface area contributed by atoms with E-state index in [1.54, 1.807) is 6.07 Å². The number of likely N-dealkylation sites (tertiary alicyclic amines) is 1. The van der Waals surface area contributed by atoms with Crippen molar-refractivity contribution in [1.29, 1.82) is 0 Å². The molecule has 27 heavy (non-hydrogen) atoms. The standard InChI is InChI=1S/C18H18FN3O5/c1-26-18(25)14-9-12(27-15-6-3-2-5-13(15)19)10-21(14)17(24)11-22-16(23)7-4-8-20-22/h2-8,12,14H,9-11H2,1H3/t12-,14-/m1/s1. The zero-order chi connectivity index (χ0) is 19.4. The number of hydrogen-bond donors (Lipinski definition) is 0. The molecule has 3 rings (SSSR count). The van der Waals surface area contributed by atoms with E-state index in [4.69, 9.17) is 9.47 Å². The monoisotopic (exact) mass is 375 g/mol. The molecule has 1 amide bonds. The molecule has 0 N–H and O–H groups in total. The van der Waals surface area contributed by atoms with E-state index in [1.807, 2.05) is 0 Å². The number of amides is 1. The molecule has 0 radical (unpaired) electrons. The second-order valence-corrected chi connectivity index (χ2v) is 6.01. The van der Waals surface area contributed by atoms with Crippen LogP contribution in [0.15, 0.2) is 47.4 Å². The van der Waals surface area contributed by atoms with Crippen molar-refractivity contribution in [2.24, 2.45) is 0 Å². The summed E-state index contributed by atoms with van der Waals surface area (Å²) in [5.74, 6) is -1.57. The Labute approximate surface area is 154 Å². The van der Waals surface area contributed by atoms with E-state index in [0.717, 1.165) is 4.68 Å². The number of carbonyl (C=O) groups is 2. The van der Waals surface area contributed by atoms with Crippen LogP contribution in [0.4, 0.5) is 4.39 Å². The van der Waals surface area contributed by atoms with Crippen LogP contribution in [-0.4, -0.2) is 52.4 Å². The number of halogens is 1. The van der Waals surface area contributed by atoms with Gasteiger partial charge in [0.05, 0.1) is 13.7 Å². The number of carbonyl (C=O) groups excluding carboxylic acids is 2. The molecule has 2 atom stereocenters. The molecule has 2 aromatic rings. The quantitative estimate of drug-likeness (QED) is 0.711. The van der Waals surface area contributed by atoms with Crippen LogP contribution < -0.4 is 10.3 Å². The van der Waals surface area contributed by atoms with Crippen molar-refractivity contribution in [2.45, 2.75) is 25.1 Å². The summed E-state index contributed by atoms with van der Waals surface area (Å²) in [4.78, 5) is 37.8. The minimum absolute atomic E-state index is 0.0429. The highest BCUT2D eigenvalue weighted by Gasteiger charge is 2.41. The van der Waals surface area contributed by atoms with Crippen LogP contribution in [0.5, 0.6) is 5.75 Å². The summed E-state index contributed by atoms with van der Waals surface area (Å²) in [6.07, 6.45) is 0.958. The molecule has 1 aliphatic rings. The van der Waals surface area contributed by atoms with Crippen molar-refractivity contribution in [1.82, 2.24) is 14.7 Å². The van der Waals surface area contributed by atoms with Gasteiger partial charge < -0.3 is 14.4 Å². The molecular weight excluding hydrogens is 357 g/mol. The minimum Gasteiger partial charge on any atom is -0.485 e. The SMILES string of the molecule is COC(=O)[C@H]1C[C@@H](Oc2ccccc2F)CN1C(=O)Cn1ncccc1=O. The second-order valence-electron chi connectivity index (χ2n) is 6.01. The number of ether oxygens (including phenoxy) is 2.